The highest BCUT2D eigenvalue weighted by molar-refractivity contribution is 7.61. The maximum Gasteiger partial charge on any atom is 0.481 e. The Balaban J connectivity index is 1.16. The number of primary amides is 1. The number of nitrogen functional groups attached to an aromatic ring is 1. The van der Waals surface area contributed by atoms with Crippen LogP contribution in [0.5, 0.6) is 0 Å². The van der Waals surface area contributed by atoms with E-state index in [-0.39, 0.29) is 22.5 Å². The minimum absolute atomic E-state index is 0.00954. The van der Waals surface area contributed by atoms with Crippen molar-refractivity contribution in [3.63, 3.8) is 0 Å². The van der Waals surface area contributed by atoms with Gasteiger partial charge in [0.1, 0.15) is 48.4 Å². The summed E-state index contributed by atoms with van der Waals surface area (Å²) in [7, 11) is -10.7. The van der Waals surface area contributed by atoms with Gasteiger partial charge in [0.25, 0.3) is 5.91 Å². The highest BCUT2D eigenvalue weighted by atomic mass is 31.3. The van der Waals surface area contributed by atoms with Crippen LogP contribution in [-0.2, 0) is 37.7 Å². The number of hydrogen-bond donors (Lipinski definition) is 8. The largest absolute Gasteiger partial charge is 0.481 e. The average molecular weight is 664 g/mol. The molecule has 5 heterocycles. The second-order valence-electron chi connectivity index (χ2n) is 9.78. The Bertz CT molecular complexity index is 1650. The lowest BCUT2D eigenvalue weighted by Gasteiger charge is -2.22. The van der Waals surface area contributed by atoms with E-state index < -0.39 is 83.8 Å². The number of carbonyl (C=O) groups excluding carboxylic acids is 1. The third-order valence-corrected chi connectivity index (χ3v) is 9.48. The molecule has 0 aromatic carbocycles. The number of nitrogens with zero attached hydrogens (tertiary/aromatic N) is 5. The first-order chi connectivity index (χ1) is 20.6. The summed E-state index contributed by atoms with van der Waals surface area (Å²) in [6, 6.07) is 2.75. The van der Waals surface area contributed by atoms with Gasteiger partial charge < -0.3 is 51.2 Å². The molecule has 4 unspecified atom stereocenters. The van der Waals surface area contributed by atoms with Crippen molar-refractivity contribution >= 4 is 38.5 Å². The number of carbonyl (C=O) groups is 1. The predicted octanol–water partition coefficient (Wildman–Crippen LogP) is -3.23. The molecule has 0 saturated carbocycles. The van der Waals surface area contributed by atoms with E-state index in [9.17, 15) is 44.1 Å². The Morgan fingerprint density at radius 1 is 1.11 bits per heavy atom. The Morgan fingerprint density at radius 2 is 1.80 bits per heavy atom. The molecule has 23 heteroatoms. The van der Waals surface area contributed by atoms with Crippen LogP contribution in [0.15, 0.2) is 37.2 Å². The van der Waals surface area contributed by atoms with Gasteiger partial charge in [-0.15, -0.1) is 0 Å². The van der Waals surface area contributed by atoms with Gasteiger partial charge in [0.05, 0.1) is 19.5 Å². The minimum atomic E-state index is -5.37. The summed E-state index contributed by atoms with van der Waals surface area (Å²) in [6.07, 6.45) is -4.32. The van der Waals surface area contributed by atoms with Crippen molar-refractivity contribution < 1.29 is 71.5 Å². The summed E-state index contributed by atoms with van der Waals surface area (Å²) >= 11 is 0. The van der Waals surface area contributed by atoms with Crippen LogP contribution >= 0.6 is 15.6 Å². The fourth-order valence-electron chi connectivity index (χ4n) is 4.60. The minimum Gasteiger partial charge on any atom is -0.387 e. The van der Waals surface area contributed by atoms with Gasteiger partial charge in [0.15, 0.2) is 36.2 Å². The number of nitrogens with two attached hydrogens (primary N) is 2. The summed E-state index contributed by atoms with van der Waals surface area (Å²) in [6.45, 7) is -2.34. The van der Waals surface area contributed by atoms with Crippen LogP contribution < -0.4 is 16.0 Å². The Morgan fingerprint density at radius 3 is 2.48 bits per heavy atom. The maximum absolute atomic E-state index is 12.4. The molecular formula is C21H28N7O14P2+. The zero-order chi connectivity index (χ0) is 32.0. The number of rotatable bonds is 11. The maximum atomic E-state index is 12.4. The predicted molar refractivity (Wildman–Crippen MR) is 139 cm³/mol. The Hall–Kier alpha value is -3.01. The number of phosphoric acid groups is 2. The van der Waals surface area contributed by atoms with E-state index in [4.69, 9.17) is 25.5 Å². The van der Waals surface area contributed by atoms with Crippen LogP contribution in [0.3, 0.4) is 0 Å². The number of ether oxygens (including phenoxy) is 2. The van der Waals surface area contributed by atoms with E-state index in [0.717, 1.165) is 17.1 Å². The molecule has 3 aromatic rings. The number of aliphatic hydroxyl groups is 4. The quantitative estimate of drug-likeness (QED) is 0.0737. The molecule has 44 heavy (non-hydrogen) atoms. The summed E-state index contributed by atoms with van der Waals surface area (Å²) in [5, 5.41) is 42.5. The van der Waals surface area contributed by atoms with Crippen molar-refractivity contribution in [1.29, 1.82) is 0 Å². The normalized spacial score (nSPS) is 31.6. The van der Waals surface area contributed by atoms with E-state index >= 15 is 0 Å². The molecule has 2 aliphatic heterocycles. The molecule has 9 atom stereocenters. The van der Waals surface area contributed by atoms with Crippen molar-refractivity contribution in [2.45, 2.75) is 42.5 Å². The van der Waals surface area contributed by atoms with Crippen LogP contribution in [0.2, 0.25) is 0 Å². The number of pyridine rings is 1. The van der Waals surface area contributed by atoms with Crippen LogP contribution in [-0.4, -0.2) is 106 Å². The molecule has 3 aromatic heterocycles. The monoisotopic (exact) mass is 664 g/mol. The first kappa shape index (κ1) is 32.4. The van der Waals surface area contributed by atoms with E-state index in [1.807, 2.05) is 0 Å². The van der Waals surface area contributed by atoms with E-state index in [1.54, 1.807) is 0 Å². The average Bonchev–Trinajstić information content (AvgIpc) is 3.61. The van der Waals surface area contributed by atoms with Gasteiger partial charge in [-0.3, -0.25) is 18.4 Å². The molecule has 10 N–H and O–H groups in total. The molecule has 240 valence electrons. The molecule has 1 amide bonds. The van der Waals surface area contributed by atoms with Crippen molar-refractivity contribution in [2.75, 3.05) is 25.6 Å². The smallest absolute Gasteiger partial charge is 0.387 e. The van der Waals surface area contributed by atoms with Crippen molar-refractivity contribution in [3.05, 3.63) is 42.7 Å². The summed E-state index contributed by atoms with van der Waals surface area (Å²) in [5.41, 5.74) is 9.21. The fourth-order valence-corrected chi connectivity index (χ4v) is 6.69. The molecule has 2 saturated heterocycles. The van der Waals surface area contributed by atoms with Gasteiger partial charge in [-0.1, -0.05) is 0 Å². The molecule has 0 radical (unpaired) electrons. The molecule has 2 fully saturated rings. The van der Waals surface area contributed by atoms with Crippen molar-refractivity contribution in [3.8, 4) is 0 Å². The molecule has 5 rings (SSSR count). The Labute approximate surface area is 246 Å². The zero-order valence-corrected chi connectivity index (χ0v) is 24.1. The van der Waals surface area contributed by atoms with E-state index in [1.165, 1.54) is 29.2 Å². The van der Waals surface area contributed by atoms with Crippen LogP contribution in [0.25, 0.3) is 11.2 Å². The number of fused-ring (bicyclic) bond motifs is 1. The second-order valence-corrected chi connectivity index (χ2v) is 12.8. The number of amides is 1. The number of phosphoric ester groups is 2. The first-order valence-corrected chi connectivity index (χ1v) is 15.6. The number of anilines is 1. The number of hydrogen-bond acceptors (Lipinski definition) is 16. The van der Waals surface area contributed by atoms with E-state index in [2.05, 4.69) is 23.8 Å². The van der Waals surface area contributed by atoms with Crippen LogP contribution in [0.1, 0.15) is 16.6 Å². The fraction of sp³-hybridized carbons (Fsp3) is 0.476. The van der Waals surface area contributed by atoms with Gasteiger partial charge in [-0.2, -0.15) is 8.88 Å². The lowest BCUT2D eigenvalue weighted by molar-refractivity contribution is -0.811. The third kappa shape index (κ3) is 6.37. The Kier molecular flexibility index (Phi) is 8.88. The highest BCUT2D eigenvalue weighted by Gasteiger charge is 2.57. The lowest BCUT2D eigenvalue weighted by atomic mass is 10.1. The summed E-state index contributed by atoms with van der Waals surface area (Å²) in [5.74, 6) is -0.753. The number of aromatic nitrogens is 5. The molecular weight excluding hydrogens is 636 g/mol. The van der Waals surface area contributed by atoms with Gasteiger partial charge >= 0.3 is 21.4 Å². The third-order valence-electron chi connectivity index (χ3n) is 6.88. The molecule has 0 spiro atoms. The van der Waals surface area contributed by atoms with E-state index in [0.29, 0.717) is 0 Å². The van der Waals surface area contributed by atoms with Crippen LogP contribution in [0.4, 0.5) is 5.82 Å². The SMILES string of the molecule is NC(=O)c1ccc[n+]([C@]2(O)COC(COP(=O)(O)OP(=O)(O)OC[C@H]3OC(n4cnc5c(N)ncnc54)[C@@H](O)[C@H]3O)[C@H]2O)c1. The summed E-state index contributed by atoms with van der Waals surface area (Å²) < 4.78 is 51.6. The summed E-state index contributed by atoms with van der Waals surface area (Å²) in [4.78, 5) is 43.3. The number of aliphatic hydroxyl groups excluding tert-OH is 3. The lowest BCUT2D eigenvalue weighted by Crippen LogP contribution is -2.64. The second kappa shape index (κ2) is 12.1. The van der Waals surface area contributed by atoms with Gasteiger partial charge in [0, 0.05) is 6.07 Å². The van der Waals surface area contributed by atoms with Gasteiger partial charge in [0.2, 0.25) is 0 Å². The highest BCUT2D eigenvalue weighted by Crippen LogP contribution is 2.60. The molecule has 21 nitrogen and oxygen atoms in total. The molecule has 0 bridgehead atoms. The molecule has 0 aliphatic carbocycles. The number of imidazole rings is 1. The van der Waals surface area contributed by atoms with Crippen molar-refractivity contribution in [1.82, 2.24) is 19.5 Å². The van der Waals surface area contributed by atoms with Gasteiger partial charge in [-0.25, -0.2) is 24.1 Å². The van der Waals surface area contributed by atoms with Crippen LogP contribution in [0, 0.1) is 0 Å². The first-order valence-electron chi connectivity index (χ1n) is 12.6. The van der Waals surface area contributed by atoms with Gasteiger partial charge in [-0.05, 0) is 6.07 Å². The zero-order valence-electron chi connectivity index (χ0n) is 22.3. The molecule has 2 aliphatic rings. The topological polar surface area (TPSA) is 318 Å². The van der Waals surface area contributed by atoms with Crippen molar-refractivity contribution in [2.24, 2.45) is 5.73 Å². The standard InChI is InChI=1S/C21H27N7O14P2/c22-17-13-19(25-8-24-17)28(9-26-13)20-15(30)14(29)11(41-20)5-39-43(34,35)42-44(36,37)40-6-12-16(31)21(33,7-38-12)27-3-1-2-10(4-27)18(23)32/h1-4,8-9,11-12,14-16,20,29-31,33H,5-7H2,(H5-,22,23,24,25,32,34,35,36,37)/p+1/t11-,12?,14+,15+,16-,20?,21+/m1/s1.